The number of amides is 1. The standard InChI is InChI=1S/C14H22N2.C11H10N4O2S/c1-15-14-8-4-6-13(12-14)7-5-11-16-9-2-3-10-16;1-3-15-10(17)7(2)18-11(15)8(6-13)9(16)14-5-4-12/h4,6,8,12,15H,2-3,5,7,9-11H2,1H3;2-3,5H2,1H3,(H,14,16)/b;11-8-. The fourth-order valence-corrected chi connectivity index (χ4v) is 4.72. The Bertz CT molecular complexity index is 1210. The molecule has 0 aliphatic carbocycles. The molecule has 1 aromatic carbocycles. The number of nitrogens with one attached hydrogen (secondary N) is 2. The van der Waals surface area contributed by atoms with Gasteiger partial charge in [-0.3, -0.25) is 14.2 Å². The molecule has 1 aliphatic heterocycles. The van der Waals surface area contributed by atoms with Gasteiger partial charge in [-0.1, -0.05) is 18.7 Å². The minimum Gasteiger partial charge on any atom is -0.388 e. The molecule has 9 heteroatoms. The van der Waals surface area contributed by atoms with Gasteiger partial charge in [-0.2, -0.15) is 10.5 Å². The number of rotatable bonds is 8. The molecule has 2 heterocycles. The van der Waals surface area contributed by atoms with Crippen LogP contribution in [0.4, 0.5) is 5.69 Å². The molecule has 1 aromatic heterocycles. The van der Waals surface area contributed by atoms with Crippen LogP contribution in [0.25, 0.3) is 12.2 Å². The Balaban J connectivity index is 0.000000241. The monoisotopic (exact) mass is 480 g/mol. The first kappa shape index (κ1) is 26.8. The van der Waals surface area contributed by atoms with Crippen LogP contribution in [0.2, 0.25) is 0 Å². The normalized spacial score (nSPS) is 13.8. The second kappa shape index (κ2) is 14.0. The second-order valence-electron chi connectivity index (χ2n) is 7.81. The number of carbonyl (C=O) groups excluding carboxylic acids is 1. The molecular formula is C25H32N6O2S. The van der Waals surface area contributed by atoms with E-state index in [0.717, 1.165) is 11.3 Å². The van der Waals surface area contributed by atoms with Crippen LogP contribution in [-0.4, -0.2) is 48.6 Å². The van der Waals surface area contributed by atoms with E-state index < -0.39 is 5.91 Å². The van der Waals surface area contributed by atoms with Gasteiger partial charge >= 0.3 is 0 Å². The fraction of sp³-hybridized carbons (Fsp3) is 0.440. The number of aryl methyl sites for hydroxylation is 1. The Morgan fingerprint density at radius 3 is 2.62 bits per heavy atom. The lowest BCUT2D eigenvalue weighted by molar-refractivity contribution is -0.115. The number of aromatic nitrogens is 1. The molecule has 180 valence electrons. The summed E-state index contributed by atoms with van der Waals surface area (Å²) in [5.74, 6) is -0.664. The van der Waals surface area contributed by atoms with E-state index in [1.165, 1.54) is 61.1 Å². The topological polar surface area (TPSA) is 114 Å². The molecule has 34 heavy (non-hydrogen) atoms. The van der Waals surface area contributed by atoms with Gasteiger partial charge in [0.2, 0.25) is 0 Å². The van der Waals surface area contributed by atoms with Crippen LogP contribution in [0.1, 0.15) is 31.7 Å². The summed E-state index contributed by atoms with van der Waals surface area (Å²) >= 11 is 0.996. The lowest BCUT2D eigenvalue weighted by atomic mass is 10.1. The minimum atomic E-state index is -0.664. The molecule has 2 aromatic rings. The maximum absolute atomic E-state index is 11.7. The lowest BCUT2D eigenvalue weighted by Crippen LogP contribution is -2.34. The quantitative estimate of drug-likeness (QED) is 0.552. The van der Waals surface area contributed by atoms with Crippen LogP contribution < -0.4 is 25.4 Å². The van der Waals surface area contributed by atoms with Crippen LogP contribution in [0.15, 0.2) is 29.1 Å². The van der Waals surface area contributed by atoms with E-state index in [2.05, 4.69) is 46.4 Å². The maximum Gasteiger partial charge on any atom is 0.268 e. The van der Waals surface area contributed by atoms with Crippen molar-refractivity contribution in [2.45, 2.75) is 39.2 Å². The molecule has 1 amide bonds. The summed E-state index contributed by atoms with van der Waals surface area (Å²) in [5.41, 5.74) is 2.19. The smallest absolute Gasteiger partial charge is 0.268 e. The highest BCUT2D eigenvalue weighted by Crippen LogP contribution is 2.13. The van der Waals surface area contributed by atoms with E-state index in [1.54, 1.807) is 19.1 Å². The molecule has 1 aliphatic rings. The molecule has 1 saturated heterocycles. The maximum atomic E-state index is 11.7. The summed E-state index contributed by atoms with van der Waals surface area (Å²) in [7, 11) is 1.98. The molecular weight excluding hydrogens is 448 g/mol. The average Bonchev–Trinajstić information content (AvgIpc) is 3.46. The predicted octanol–water partition coefficient (Wildman–Crippen LogP) is 1.41. The molecule has 1 fully saturated rings. The van der Waals surface area contributed by atoms with Crippen molar-refractivity contribution in [3.05, 3.63) is 49.4 Å². The van der Waals surface area contributed by atoms with E-state index in [4.69, 9.17) is 10.5 Å². The summed E-state index contributed by atoms with van der Waals surface area (Å²) in [6.45, 7) is 9.35. The molecule has 2 N–H and O–H groups in total. The van der Waals surface area contributed by atoms with E-state index in [9.17, 15) is 9.59 Å². The molecule has 3 rings (SSSR count). The van der Waals surface area contributed by atoms with Gasteiger partial charge in [-0.05, 0) is 69.9 Å². The van der Waals surface area contributed by atoms with Crippen molar-refractivity contribution in [3.8, 4) is 12.1 Å². The van der Waals surface area contributed by atoms with Crippen molar-refractivity contribution < 1.29 is 4.79 Å². The number of carbonyl (C=O) groups is 1. The zero-order chi connectivity index (χ0) is 24.9. The third-order valence-corrected chi connectivity index (χ3v) is 6.54. The van der Waals surface area contributed by atoms with Gasteiger partial charge in [0.15, 0.2) is 5.57 Å². The first-order valence-electron chi connectivity index (χ1n) is 11.4. The van der Waals surface area contributed by atoms with Crippen molar-refractivity contribution in [3.63, 3.8) is 0 Å². The molecule has 0 spiro atoms. The lowest BCUT2D eigenvalue weighted by Gasteiger charge is -2.14. The van der Waals surface area contributed by atoms with Gasteiger partial charge in [0.25, 0.3) is 11.5 Å². The number of nitriles is 2. The summed E-state index contributed by atoms with van der Waals surface area (Å²) in [6, 6.07) is 12.2. The van der Waals surface area contributed by atoms with Crippen LogP contribution in [-0.2, 0) is 17.8 Å². The van der Waals surface area contributed by atoms with Gasteiger partial charge in [0, 0.05) is 19.3 Å². The van der Waals surface area contributed by atoms with Gasteiger partial charge in [-0.25, -0.2) is 0 Å². The van der Waals surface area contributed by atoms with Crippen molar-refractivity contribution in [1.82, 2.24) is 14.8 Å². The van der Waals surface area contributed by atoms with Crippen LogP contribution in [0.5, 0.6) is 0 Å². The zero-order valence-electron chi connectivity index (χ0n) is 19.9. The summed E-state index contributed by atoms with van der Waals surface area (Å²) in [4.78, 5) is 25.9. The first-order valence-corrected chi connectivity index (χ1v) is 12.2. The van der Waals surface area contributed by atoms with E-state index in [-0.39, 0.29) is 26.9 Å². The third-order valence-electron chi connectivity index (χ3n) is 5.50. The van der Waals surface area contributed by atoms with E-state index in [1.807, 2.05) is 7.05 Å². The predicted molar refractivity (Wildman–Crippen MR) is 137 cm³/mol. The van der Waals surface area contributed by atoms with Gasteiger partial charge in [-0.15, -0.1) is 11.3 Å². The second-order valence-corrected chi connectivity index (χ2v) is 8.89. The molecule has 0 radical (unpaired) electrons. The van der Waals surface area contributed by atoms with Crippen LogP contribution in [0, 0.1) is 22.7 Å². The number of likely N-dealkylation sites (tertiary alicyclic amines) is 1. The summed E-state index contributed by atoms with van der Waals surface area (Å²) < 4.78 is 1.86. The van der Waals surface area contributed by atoms with E-state index in [0.29, 0.717) is 6.54 Å². The highest BCUT2D eigenvalue weighted by atomic mass is 32.1. The zero-order valence-corrected chi connectivity index (χ0v) is 20.7. The number of thiazole rings is 1. The van der Waals surface area contributed by atoms with Crippen molar-refractivity contribution in [2.75, 3.05) is 38.5 Å². The molecule has 0 atom stereocenters. The first-order chi connectivity index (χ1) is 16.4. The Labute approximate surface area is 204 Å². The Kier molecular flexibility index (Phi) is 11.0. The Morgan fingerprint density at radius 1 is 1.26 bits per heavy atom. The van der Waals surface area contributed by atoms with Crippen molar-refractivity contribution in [2.24, 2.45) is 0 Å². The highest BCUT2D eigenvalue weighted by molar-refractivity contribution is 7.07. The highest BCUT2D eigenvalue weighted by Gasteiger charge is 2.14. The number of hydrogen-bond donors (Lipinski definition) is 2. The van der Waals surface area contributed by atoms with Crippen LogP contribution in [0.3, 0.4) is 0 Å². The van der Waals surface area contributed by atoms with Gasteiger partial charge in [0.1, 0.15) is 17.3 Å². The summed E-state index contributed by atoms with van der Waals surface area (Å²) in [5, 5.41) is 22.8. The minimum absolute atomic E-state index is 0.177. The third kappa shape index (κ3) is 7.58. The molecule has 0 unspecified atom stereocenters. The summed E-state index contributed by atoms with van der Waals surface area (Å²) in [6.07, 6.45) is 5.28. The fourth-order valence-electron chi connectivity index (χ4n) is 3.73. The number of nitrogens with zero attached hydrogens (tertiary/aromatic N) is 4. The van der Waals surface area contributed by atoms with E-state index >= 15 is 0 Å². The average molecular weight is 481 g/mol. The molecule has 0 bridgehead atoms. The van der Waals surface area contributed by atoms with Gasteiger partial charge < -0.3 is 15.5 Å². The van der Waals surface area contributed by atoms with Crippen LogP contribution >= 0.6 is 11.3 Å². The number of benzene rings is 1. The SMILES string of the molecule is C=c1s/c(=C(/C#N)C(=O)NCC#N)n(CC)c1=O.CNc1cccc(CCCN2CCCC2)c1. The van der Waals surface area contributed by atoms with Gasteiger partial charge in [0.05, 0.1) is 10.6 Å². The van der Waals surface area contributed by atoms with Crippen molar-refractivity contribution >= 4 is 35.1 Å². The Morgan fingerprint density at radius 2 is 2.00 bits per heavy atom. The largest absolute Gasteiger partial charge is 0.388 e. The van der Waals surface area contributed by atoms with Crippen molar-refractivity contribution in [1.29, 1.82) is 10.5 Å². The molecule has 8 nitrogen and oxygen atoms in total. The number of anilines is 1. The molecule has 0 saturated carbocycles. The number of hydrogen-bond acceptors (Lipinski definition) is 7. The Hall–Kier alpha value is -3.40.